The summed E-state index contributed by atoms with van der Waals surface area (Å²) in [6, 6.07) is 10.9. The molecule has 188 valence electrons. The topological polar surface area (TPSA) is 72.7 Å². The van der Waals surface area contributed by atoms with Crippen molar-refractivity contribution in [2.24, 2.45) is 5.41 Å². The zero-order chi connectivity index (χ0) is 25.4. The van der Waals surface area contributed by atoms with E-state index in [1.165, 1.54) is 11.3 Å². The molecule has 0 unspecified atom stereocenters. The second-order valence-electron chi connectivity index (χ2n) is 10.8. The number of nitrogens with zero attached hydrogens (tertiary/aromatic N) is 3. The molecule has 0 aliphatic heterocycles. The minimum absolute atomic E-state index is 0.0990. The van der Waals surface area contributed by atoms with Gasteiger partial charge in [-0.1, -0.05) is 40.5 Å². The molecule has 2 aromatic carbocycles. The van der Waals surface area contributed by atoms with Gasteiger partial charge in [0.15, 0.2) is 5.69 Å². The third-order valence-corrected chi connectivity index (χ3v) is 9.83. The van der Waals surface area contributed by atoms with Crippen LogP contribution in [0.4, 0.5) is 5.69 Å². The molecule has 9 heteroatoms. The van der Waals surface area contributed by atoms with Crippen molar-refractivity contribution in [2.75, 3.05) is 0 Å². The number of hydrogen-bond donors (Lipinski definition) is 1. The third-order valence-electron chi connectivity index (χ3n) is 7.99. The van der Waals surface area contributed by atoms with E-state index in [2.05, 4.69) is 15.0 Å². The van der Waals surface area contributed by atoms with Gasteiger partial charge in [0.1, 0.15) is 22.1 Å². The van der Waals surface area contributed by atoms with Crippen LogP contribution in [0.25, 0.3) is 26.3 Å². The van der Waals surface area contributed by atoms with Gasteiger partial charge in [0, 0.05) is 21.7 Å². The molecule has 3 aliphatic carbocycles. The maximum absolute atomic E-state index is 11.3. The maximum atomic E-state index is 11.3. The summed E-state index contributed by atoms with van der Waals surface area (Å²) in [6.45, 7) is 7.62. The summed E-state index contributed by atoms with van der Waals surface area (Å²) in [5.74, 6) is 1.27. The molecule has 3 saturated carbocycles. The van der Waals surface area contributed by atoms with Gasteiger partial charge in [0.05, 0.1) is 34.8 Å². The fourth-order valence-corrected chi connectivity index (χ4v) is 7.75. The number of fused-ring (bicyclic) bond motifs is 1. The van der Waals surface area contributed by atoms with E-state index in [0.29, 0.717) is 52.4 Å². The molecule has 6 nitrogen and oxygen atoms in total. The van der Waals surface area contributed by atoms with Crippen molar-refractivity contribution in [1.82, 2.24) is 10.1 Å². The first kappa shape index (κ1) is 23.6. The lowest BCUT2D eigenvalue weighted by Crippen LogP contribution is -2.58. The second kappa shape index (κ2) is 8.52. The van der Waals surface area contributed by atoms with Crippen molar-refractivity contribution >= 4 is 50.4 Å². The summed E-state index contributed by atoms with van der Waals surface area (Å²) in [6.07, 6.45) is 5.51. The summed E-state index contributed by atoms with van der Waals surface area (Å²) in [5, 5.41) is 17.5. The molecule has 0 atom stereocenters. The van der Waals surface area contributed by atoms with E-state index in [0.717, 1.165) is 52.2 Å². The summed E-state index contributed by atoms with van der Waals surface area (Å²) in [7, 11) is 0. The lowest BCUT2D eigenvalue weighted by atomic mass is 9.49. The molecule has 0 amide bonds. The van der Waals surface area contributed by atoms with E-state index in [1.54, 1.807) is 18.2 Å². The molecule has 2 aromatic heterocycles. The second-order valence-corrected chi connectivity index (χ2v) is 12.6. The number of hydrogen-bond acceptors (Lipinski definition) is 6. The molecule has 3 aliphatic rings. The van der Waals surface area contributed by atoms with Crippen LogP contribution in [0.5, 0.6) is 0 Å². The van der Waals surface area contributed by atoms with Crippen LogP contribution in [0.2, 0.25) is 10.0 Å². The highest BCUT2D eigenvalue weighted by molar-refractivity contribution is 7.18. The molecule has 1 spiro atoms. The lowest BCUT2D eigenvalue weighted by Gasteiger charge is -2.60. The van der Waals surface area contributed by atoms with Crippen molar-refractivity contribution in [3.8, 4) is 11.3 Å². The number of aromatic nitrogens is 2. The van der Waals surface area contributed by atoms with Crippen LogP contribution in [-0.4, -0.2) is 21.4 Å². The fraction of sp³-hybridized carbons (Fsp3) is 0.393. The van der Waals surface area contributed by atoms with Gasteiger partial charge in [-0.2, -0.15) is 0 Å². The third kappa shape index (κ3) is 3.98. The SMILES string of the molecule is [C-]#[N+]c1ccc2nc(C3(O)CC4(CC(OCc5c(-c6c(Cl)cccc6Cl)noc5C5CC5)C4)C3)sc2c1. The van der Waals surface area contributed by atoms with Gasteiger partial charge in [0.2, 0.25) is 0 Å². The summed E-state index contributed by atoms with van der Waals surface area (Å²) in [4.78, 5) is 8.17. The Labute approximate surface area is 228 Å². The average Bonchev–Trinajstić information content (AvgIpc) is 3.45. The highest BCUT2D eigenvalue weighted by Gasteiger charge is 2.61. The van der Waals surface area contributed by atoms with Crippen LogP contribution in [0.3, 0.4) is 0 Å². The van der Waals surface area contributed by atoms with Gasteiger partial charge in [-0.05, 0) is 68.2 Å². The van der Waals surface area contributed by atoms with Crippen molar-refractivity contribution in [3.05, 3.63) is 74.2 Å². The average molecular weight is 552 g/mol. The molecule has 37 heavy (non-hydrogen) atoms. The molecule has 0 radical (unpaired) electrons. The quantitative estimate of drug-likeness (QED) is 0.245. The molecule has 7 rings (SSSR count). The Morgan fingerprint density at radius 3 is 2.62 bits per heavy atom. The van der Waals surface area contributed by atoms with Gasteiger partial charge in [-0.25, -0.2) is 9.83 Å². The number of aliphatic hydroxyl groups is 1. The number of ether oxygens (including phenoxy) is 1. The Balaban J connectivity index is 1.03. The van der Waals surface area contributed by atoms with Crippen molar-refractivity contribution < 1.29 is 14.4 Å². The Kier molecular flexibility index (Phi) is 5.44. The highest BCUT2D eigenvalue weighted by atomic mass is 35.5. The van der Waals surface area contributed by atoms with Gasteiger partial charge in [-0.15, -0.1) is 11.3 Å². The van der Waals surface area contributed by atoms with Gasteiger partial charge < -0.3 is 14.4 Å². The first-order chi connectivity index (χ1) is 17.9. The summed E-state index contributed by atoms with van der Waals surface area (Å²) >= 11 is 14.4. The number of rotatable bonds is 6. The molecular formula is C28H23Cl2N3O3S. The predicted octanol–water partition coefficient (Wildman–Crippen LogP) is 8.03. The smallest absolute Gasteiger partial charge is 0.188 e. The van der Waals surface area contributed by atoms with Crippen LogP contribution in [0.1, 0.15) is 60.8 Å². The molecule has 2 heterocycles. The molecule has 0 saturated heterocycles. The first-order valence-electron chi connectivity index (χ1n) is 12.4. The monoisotopic (exact) mass is 551 g/mol. The zero-order valence-corrected chi connectivity index (χ0v) is 22.2. The normalized spacial score (nSPS) is 26.7. The van der Waals surface area contributed by atoms with E-state index in [-0.39, 0.29) is 11.5 Å². The largest absolute Gasteiger partial charge is 0.383 e. The van der Waals surface area contributed by atoms with Crippen LogP contribution < -0.4 is 0 Å². The van der Waals surface area contributed by atoms with Gasteiger partial charge >= 0.3 is 0 Å². The van der Waals surface area contributed by atoms with Crippen molar-refractivity contribution in [3.63, 3.8) is 0 Å². The van der Waals surface area contributed by atoms with Gasteiger partial charge in [0.25, 0.3) is 0 Å². The zero-order valence-electron chi connectivity index (χ0n) is 19.8. The van der Waals surface area contributed by atoms with Crippen LogP contribution >= 0.6 is 34.5 Å². The Morgan fingerprint density at radius 1 is 1.16 bits per heavy atom. The number of halogens is 2. The van der Waals surface area contributed by atoms with Crippen LogP contribution in [0, 0.1) is 12.0 Å². The predicted molar refractivity (Wildman–Crippen MR) is 143 cm³/mol. The summed E-state index contributed by atoms with van der Waals surface area (Å²) in [5.41, 5.74) is 2.94. The van der Waals surface area contributed by atoms with Crippen molar-refractivity contribution in [1.29, 1.82) is 0 Å². The highest BCUT2D eigenvalue weighted by Crippen LogP contribution is 2.65. The van der Waals surface area contributed by atoms with E-state index in [4.69, 9.17) is 39.0 Å². The van der Waals surface area contributed by atoms with E-state index in [9.17, 15) is 5.11 Å². The number of benzene rings is 2. The van der Waals surface area contributed by atoms with Crippen LogP contribution in [-0.2, 0) is 16.9 Å². The minimum Gasteiger partial charge on any atom is -0.383 e. The molecule has 4 aromatic rings. The summed E-state index contributed by atoms with van der Waals surface area (Å²) < 4.78 is 13.1. The molecule has 3 fully saturated rings. The van der Waals surface area contributed by atoms with E-state index < -0.39 is 5.60 Å². The molecular weight excluding hydrogens is 529 g/mol. The van der Waals surface area contributed by atoms with Crippen LogP contribution in [0.15, 0.2) is 40.9 Å². The van der Waals surface area contributed by atoms with Crippen molar-refractivity contribution in [2.45, 2.75) is 62.8 Å². The molecule has 1 N–H and O–H groups in total. The number of thiazole rings is 1. The lowest BCUT2D eigenvalue weighted by molar-refractivity contribution is -0.215. The molecule has 0 bridgehead atoms. The van der Waals surface area contributed by atoms with E-state index in [1.807, 2.05) is 18.2 Å². The van der Waals surface area contributed by atoms with E-state index >= 15 is 0 Å². The van der Waals surface area contributed by atoms with Gasteiger partial charge in [-0.3, -0.25) is 0 Å². The Hall–Kier alpha value is -2.47. The fourth-order valence-electron chi connectivity index (χ4n) is 6.08. The first-order valence-corrected chi connectivity index (χ1v) is 14.0. The maximum Gasteiger partial charge on any atom is 0.188 e. The minimum atomic E-state index is -0.894. The standard InChI is InChI=1S/C28H23Cl2N3O3S/c1-31-16-7-8-21-22(9-16)37-26(32-21)28(34)13-27(14-28)10-17(11-27)35-12-18-24(33-36-25(18)15-5-6-15)23-19(29)3-2-4-20(23)30/h2-4,7-9,15,17,34H,5-6,10-14H2. The Morgan fingerprint density at radius 2 is 1.92 bits per heavy atom. The Bertz CT molecular complexity index is 1550.